The van der Waals surface area contributed by atoms with Crippen LogP contribution in [0.3, 0.4) is 0 Å². The van der Waals surface area contributed by atoms with E-state index in [2.05, 4.69) is 5.32 Å². The lowest BCUT2D eigenvalue weighted by molar-refractivity contribution is 0.102. The molecule has 0 unspecified atom stereocenters. The Kier molecular flexibility index (Phi) is 5.48. The van der Waals surface area contributed by atoms with Crippen LogP contribution in [0.1, 0.15) is 28.8 Å². The van der Waals surface area contributed by atoms with E-state index in [1.165, 1.54) is 47.8 Å². The number of benzene rings is 2. The van der Waals surface area contributed by atoms with E-state index in [1.807, 2.05) is 0 Å². The van der Waals surface area contributed by atoms with E-state index < -0.39 is 21.7 Å². The fourth-order valence-corrected chi connectivity index (χ4v) is 4.75. The monoisotopic (exact) mass is 392 g/mol. The van der Waals surface area contributed by atoms with Crippen molar-refractivity contribution in [2.24, 2.45) is 0 Å². The second kappa shape index (κ2) is 7.66. The maximum absolute atomic E-state index is 13.2. The summed E-state index contributed by atoms with van der Waals surface area (Å²) >= 11 is 0. The first-order valence-electron chi connectivity index (χ1n) is 8.58. The van der Waals surface area contributed by atoms with Crippen molar-refractivity contribution in [2.75, 3.05) is 25.5 Å². The summed E-state index contributed by atoms with van der Waals surface area (Å²) in [6.45, 7) is 2.59. The van der Waals surface area contributed by atoms with Crippen LogP contribution in [-0.2, 0) is 10.0 Å². The average Bonchev–Trinajstić information content (AvgIpc) is 3.19. The number of sulfonamides is 1. The van der Waals surface area contributed by atoms with Gasteiger partial charge in [0.25, 0.3) is 5.91 Å². The van der Waals surface area contributed by atoms with Crippen molar-refractivity contribution in [1.82, 2.24) is 4.31 Å². The molecule has 0 saturated carbocycles. The minimum Gasteiger partial charge on any atom is -0.495 e. The van der Waals surface area contributed by atoms with Gasteiger partial charge in [-0.2, -0.15) is 4.31 Å². The molecule has 1 amide bonds. The predicted molar refractivity (Wildman–Crippen MR) is 100 cm³/mol. The number of halogens is 1. The Labute approximate surface area is 158 Å². The van der Waals surface area contributed by atoms with Gasteiger partial charge < -0.3 is 10.1 Å². The van der Waals surface area contributed by atoms with E-state index >= 15 is 0 Å². The molecule has 1 N–H and O–H groups in total. The summed E-state index contributed by atoms with van der Waals surface area (Å²) in [5.41, 5.74) is 1.21. The molecule has 1 fully saturated rings. The van der Waals surface area contributed by atoms with Crippen molar-refractivity contribution in [3.8, 4) is 5.75 Å². The standard InChI is InChI=1S/C19H21FN2O4S/c1-13-11-15(20)6-7-16(13)21-19(23)14-5-8-17(26-2)18(12-14)27(24,25)22-9-3-4-10-22/h5-8,11-12H,3-4,9-10H2,1-2H3,(H,21,23). The summed E-state index contributed by atoms with van der Waals surface area (Å²) in [6.07, 6.45) is 1.62. The van der Waals surface area contributed by atoms with Crippen molar-refractivity contribution in [3.63, 3.8) is 0 Å². The van der Waals surface area contributed by atoms with Gasteiger partial charge in [0.15, 0.2) is 0 Å². The van der Waals surface area contributed by atoms with Crippen molar-refractivity contribution in [3.05, 3.63) is 53.3 Å². The number of methoxy groups -OCH3 is 1. The molecule has 0 aromatic heterocycles. The van der Waals surface area contributed by atoms with Gasteiger partial charge in [0.1, 0.15) is 16.5 Å². The van der Waals surface area contributed by atoms with E-state index in [0.29, 0.717) is 24.3 Å². The molecule has 8 heteroatoms. The SMILES string of the molecule is COc1ccc(C(=O)Nc2ccc(F)cc2C)cc1S(=O)(=O)N1CCCC1. The molecular formula is C19H21FN2O4S. The van der Waals surface area contributed by atoms with Gasteiger partial charge >= 0.3 is 0 Å². The Hall–Kier alpha value is -2.45. The van der Waals surface area contributed by atoms with Gasteiger partial charge in [-0.25, -0.2) is 12.8 Å². The molecule has 0 radical (unpaired) electrons. The van der Waals surface area contributed by atoms with E-state index in [1.54, 1.807) is 6.92 Å². The number of aryl methyl sites for hydroxylation is 1. The number of hydrogen-bond acceptors (Lipinski definition) is 4. The molecule has 3 rings (SSSR count). The first-order chi connectivity index (χ1) is 12.8. The highest BCUT2D eigenvalue weighted by Gasteiger charge is 2.30. The lowest BCUT2D eigenvalue weighted by Gasteiger charge is -2.18. The molecule has 1 saturated heterocycles. The first kappa shape index (κ1) is 19.3. The molecule has 2 aromatic rings. The van der Waals surface area contributed by atoms with E-state index in [-0.39, 0.29) is 16.2 Å². The number of hydrogen-bond donors (Lipinski definition) is 1. The summed E-state index contributed by atoms with van der Waals surface area (Å²) in [7, 11) is -2.36. The second-order valence-electron chi connectivity index (χ2n) is 6.39. The summed E-state index contributed by atoms with van der Waals surface area (Å²) in [4.78, 5) is 12.6. The second-order valence-corrected chi connectivity index (χ2v) is 8.30. The largest absolute Gasteiger partial charge is 0.495 e. The van der Waals surface area contributed by atoms with E-state index in [9.17, 15) is 17.6 Å². The fourth-order valence-electron chi connectivity index (χ4n) is 3.05. The molecule has 1 aliphatic heterocycles. The fraction of sp³-hybridized carbons (Fsp3) is 0.316. The van der Waals surface area contributed by atoms with Crippen LogP contribution in [0.5, 0.6) is 5.75 Å². The van der Waals surface area contributed by atoms with Crippen LogP contribution in [0.4, 0.5) is 10.1 Å². The molecule has 0 bridgehead atoms. The van der Waals surface area contributed by atoms with E-state index in [4.69, 9.17) is 4.74 Å². The van der Waals surface area contributed by atoms with Crippen molar-refractivity contribution >= 4 is 21.6 Å². The Morgan fingerprint density at radius 3 is 2.48 bits per heavy atom. The van der Waals surface area contributed by atoms with Crippen LogP contribution in [0.15, 0.2) is 41.3 Å². The molecule has 1 aliphatic rings. The number of amides is 1. The number of carbonyl (C=O) groups excluding carboxylic acids is 1. The lowest BCUT2D eigenvalue weighted by Crippen LogP contribution is -2.28. The van der Waals surface area contributed by atoms with Gasteiger partial charge in [-0.05, 0) is 61.7 Å². The third-order valence-corrected chi connectivity index (χ3v) is 6.47. The highest BCUT2D eigenvalue weighted by molar-refractivity contribution is 7.89. The zero-order chi connectivity index (χ0) is 19.6. The van der Waals surface area contributed by atoms with Gasteiger partial charge in [-0.1, -0.05) is 0 Å². The number of ether oxygens (including phenoxy) is 1. The summed E-state index contributed by atoms with van der Waals surface area (Å²) in [5, 5.41) is 2.68. The number of rotatable bonds is 5. The zero-order valence-electron chi connectivity index (χ0n) is 15.2. The molecule has 6 nitrogen and oxygen atoms in total. The molecule has 0 spiro atoms. The van der Waals surface area contributed by atoms with Gasteiger partial charge in [0, 0.05) is 24.3 Å². The van der Waals surface area contributed by atoms with Crippen LogP contribution in [0, 0.1) is 12.7 Å². The molecule has 1 heterocycles. The van der Waals surface area contributed by atoms with E-state index in [0.717, 1.165) is 12.8 Å². The Balaban J connectivity index is 1.93. The number of nitrogens with one attached hydrogen (secondary N) is 1. The van der Waals surface area contributed by atoms with Crippen molar-refractivity contribution in [2.45, 2.75) is 24.7 Å². The normalized spacial score (nSPS) is 14.9. The van der Waals surface area contributed by atoms with Crippen LogP contribution in [-0.4, -0.2) is 38.8 Å². The first-order valence-corrected chi connectivity index (χ1v) is 10.0. The highest BCUT2D eigenvalue weighted by atomic mass is 32.2. The molecule has 0 atom stereocenters. The predicted octanol–water partition coefficient (Wildman–Crippen LogP) is 3.18. The molecular weight excluding hydrogens is 371 g/mol. The maximum atomic E-state index is 13.2. The highest BCUT2D eigenvalue weighted by Crippen LogP contribution is 2.30. The smallest absolute Gasteiger partial charge is 0.255 e. The molecule has 144 valence electrons. The van der Waals surface area contributed by atoms with Crippen LogP contribution in [0.2, 0.25) is 0 Å². The summed E-state index contributed by atoms with van der Waals surface area (Å²) in [6, 6.07) is 8.31. The third-order valence-electron chi connectivity index (χ3n) is 4.55. The molecule has 2 aromatic carbocycles. The average molecular weight is 392 g/mol. The molecule has 0 aliphatic carbocycles. The maximum Gasteiger partial charge on any atom is 0.255 e. The van der Waals surface area contributed by atoms with Crippen LogP contribution in [0.25, 0.3) is 0 Å². The number of nitrogens with zero attached hydrogens (tertiary/aromatic N) is 1. The summed E-state index contributed by atoms with van der Waals surface area (Å²) in [5.74, 6) is -0.685. The van der Waals surface area contributed by atoms with Crippen LogP contribution >= 0.6 is 0 Å². The van der Waals surface area contributed by atoms with Gasteiger partial charge in [0.2, 0.25) is 10.0 Å². The zero-order valence-corrected chi connectivity index (χ0v) is 16.0. The minimum absolute atomic E-state index is 0.0321. The van der Waals surface area contributed by atoms with Crippen LogP contribution < -0.4 is 10.1 Å². The number of anilines is 1. The summed E-state index contributed by atoms with van der Waals surface area (Å²) < 4.78 is 45.6. The Morgan fingerprint density at radius 1 is 1.15 bits per heavy atom. The van der Waals surface area contributed by atoms with Gasteiger partial charge in [-0.15, -0.1) is 0 Å². The number of carbonyl (C=O) groups is 1. The van der Waals surface area contributed by atoms with Crippen molar-refractivity contribution < 1.29 is 22.3 Å². The minimum atomic E-state index is -3.75. The van der Waals surface area contributed by atoms with Gasteiger partial charge in [-0.3, -0.25) is 4.79 Å². The quantitative estimate of drug-likeness (QED) is 0.848. The lowest BCUT2D eigenvalue weighted by atomic mass is 10.1. The van der Waals surface area contributed by atoms with Gasteiger partial charge in [0.05, 0.1) is 7.11 Å². The molecule has 27 heavy (non-hydrogen) atoms. The third kappa shape index (κ3) is 3.96. The topological polar surface area (TPSA) is 75.7 Å². The Bertz CT molecular complexity index is 970. The van der Waals surface area contributed by atoms with Crippen molar-refractivity contribution in [1.29, 1.82) is 0 Å². The Morgan fingerprint density at radius 2 is 1.85 bits per heavy atom.